The number of rotatable bonds is 6. The monoisotopic (exact) mass is 499 g/mol. The maximum atomic E-state index is 13.6. The number of hydrogen-bond donors (Lipinski definition) is 0. The molecule has 6 nitrogen and oxygen atoms in total. The van der Waals surface area contributed by atoms with E-state index in [0.717, 1.165) is 22.0 Å². The van der Waals surface area contributed by atoms with Crippen LogP contribution in [0.25, 0.3) is 10.8 Å². The van der Waals surface area contributed by atoms with Crippen LogP contribution < -0.4 is 0 Å². The second kappa shape index (κ2) is 10.2. The number of nitrogens with zero attached hydrogens (tertiary/aromatic N) is 3. The smallest absolute Gasteiger partial charge is 0.243 e. The van der Waals surface area contributed by atoms with Gasteiger partial charge >= 0.3 is 0 Å². The van der Waals surface area contributed by atoms with Crippen molar-refractivity contribution in [3.8, 4) is 0 Å². The Labute approximate surface area is 212 Å². The zero-order valence-electron chi connectivity index (χ0n) is 20.2. The highest BCUT2D eigenvalue weighted by atomic mass is 32.2. The highest BCUT2D eigenvalue weighted by Crippen LogP contribution is 2.31. The first kappa shape index (κ1) is 24.2. The SMILES string of the molecule is CN(C(=O)C1CCN(S(=O)(=O)c2ccc3ccccc3c2)CC1)C(c1ccccc1)c1ccccn1. The number of sulfonamides is 1. The number of amides is 1. The first-order chi connectivity index (χ1) is 17.4. The Bertz CT molecular complexity index is 1410. The molecule has 2 heterocycles. The molecule has 0 N–H and O–H groups in total. The molecule has 1 saturated heterocycles. The summed E-state index contributed by atoms with van der Waals surface area (Å²) in [5, 5.41) is 1.90. The largest absolute Gasteiger partial charge is 0.333 e. The molecule has 5 rings (SSSR count). The fraction of sp³-hybridized carbons (Fsp3) is 0.241. The van der Waals surface area contributed by atoms with Gasteiger partial charge in [-0.15, -0.1) is 0 Å². The molecule has 7 heteroatoms. The molecule has 184 valence electrons. The van der Waals surface area contributed by atoms with E-state index in [9.17, 15) is 13.2 Å². The molecule has 36 heavy (non-hydrogen) atoms. The molecule has 1 fully saturated rings. The average Bonchev–Trinajstić information content (AvgIpc) is 2.93. The van der Waals surface area contributed by atoms with Gasteiger partial charge in [0, 0.05) is 32.3 Å². The van der Waals surface area contributed by atoms with E-state index < -0.39 is 10.0 Å². The number of hydrogen-bond acceptors (Lipinski definition) is 4. The molecule has 3 aromatic carbocycles. The van der Waals surface area contributed by atoms with Crippen LogP contribution in [0.3, 0.4) is 0 Å². The summed E-state index contributed by atoms with van der Waals surface area (Å²) in [6.07, 6.45) is 2.71. The Morgan fingerprint density at radius 1 is 0.889 bits per heavy atom. The van der Waals surface area contributed by atoms with Gasteiger partial charge in [0.15, 0.2) is 0 Å². The van der Waals surface area contributed by atoms with Crippen LogP contribution in [0.1, 0.15) is 30.1 Å². The molecule has 0 saturated carbocycles. The lowest BCUT2D eigenvalue weighted by Gasteiger charge is -2.35. The van der Waals surface area contributed by atoms with Crippen LogP contribution in [0.5, 0.6) is 0 Å². The first-order valence-corrected chi connectivity index (χ1v) is 13.6. The quantitative estimate of drug-likeness (QED) is 0.379. The molecular formula is C29H29N3O3S. The van der Waals surface area contributed by atoms with Crippen LogP contribution in [0.2, 0.25) is 0 Å². The van der Waals surface area contributed by atoms with Crippen molar-refractivity contribution in [3.63, 3.8) is 0 Å². The van der Waals surface area contributed by atoms with Crippen molar-refractivity contribution < 1.29 is 13.2 Å². The van der Waals surface area contributed by atoms with Crippen molar-refractivity contribution in [2.75, 3.05) is 20.1 Å². The zero-order valence-corrected chi connectivity index (χ0v) is 21.0. The molecule has 0 bridgehead atoms. The number of pyridine rings is 1. The third-order valence-corrected chi connectivity index (χ3v) is 8.87. The van der Waals surface area contributed by atoms with E-state index in [-0.39, 0.29) is 17.9 Å². The molecule has 1 amide bonds. The minimum atomic E-state index is -3.63. The second-order valence-corrected chi connectivity index (χ2v) is 11.1. The van der Waals surface area contributed by atoms with Gasteiger partial charge in [0.1, 0.15) is 0 Å². The lowest BCUT2D eigenvalue weighted by Crippen LogP contribution is -2.44. The van der Waals surface area contributed by atoms with Gasteiger partial charge in [0.2, 0.25) is 15.9 Å². The van der Waals surface area contributed by atoms with Crippen LogP contribution in [0.15, 0.2) is 102 Å². The predicted molar refractivity (Wildman–Crippen MR) is 141 cm³/mol. The highest BCUT2D eigenvalue weighted by Gasteiger charge is 2.35. The van der Waals surface area contributed by atoms with E-state index in [4.69, 9.17) is 0 Å². The molecule has 0 radical (unpaired) electrons. The summed E-state index contributed by atoms with van der Waals surface area (Å²) in [6.45, 7) is 0.637. The minimum Gasteiger partial charge on any atom is -0.333 e. The first-order valence-electron chi connectivity index (χ1n) is 12.2. The van der Waals surface area contributed by atoms with Crippen LogP contribution in [-0.2, 0) is 14.8 Å². The summed E-state index contributed by atoms with van der Waals surface area (Å²) in [5.74, 6) is -0.231. The lowest BCUT2D eigenvalue weighted by molar-refractivity contribution is -0.137. The van der Waals surface area contributed by atoms with E-state index in [2.05, 4.69) is 4.98 Å². The third kappa shape index (κ3) is 4.76. The van der Waals surface area contributed by atoms with Crippen molar-refractivity contribution in [3.05, 3.63) is 108 Å². The van der Waals surface area contributed by atoms with Gasteiger partial charge in [-0.1, -0.05) is 66.7 Å². The van der Waals surface area contributed by atoms with Gasteiger partial charge in [-0.25, -0.2) is 8.42 Å². The van der Waals surface area contributed by atoms with Crippen molar-refractivity contribution in [2.24, 2.45) is 5.92 Å². The molecular weight excluding hydrogens is 470 g/mol. The Morgan fingerprint density at radius 3 is 2.25 bits per heavy atom. The maximum Gasteiger partial charge on any atom is 0.243 e. The topological polar surface area (TPSA) is 70.6 Å². The number of fused-ring (bicyclic) bond motifs is 1. The fourth-order valence-electron chi connectivity index (χ4n) is 5.00. The lowest BCUT2D eigenvalue weighted by atomic mass is 9.94. The van der Waals surface area contributed by atoms with Crippen molar-refractivity contribution in [2.45, 2.75) is 23.8 Å². The highest BCUT2D eigenvalue weighted by molar-refractivity contribution is 7.89. The minimum absolute atomic E-state index is 0.0114. The van der Waals surface area contributed by atoms with E-state index >= 15 is 0 Å². The number of aromatic nitrogens is 1. The third-order valence-electron chi connectivity index (χ3n) is 6.98. The molecule has 1 aliphatic rings. The molecule has 0 spiro atoms. The summed E-state index contributed by atoms with van der Waals surface area (Å²) < 4.78 is 28.2. The summed E-state index contributed by atoms with van der Waals surface area (Å²) in [4.78, 5) is 20.2. The Balaban J connectivity index is 1.31. The second-order valence-electron chi connectivity index (χ2n) is 9.20. The molecule has 1 unspecified atom stereocenters. The zero-order chi connectivity index (χ0) is 25.1. The standard InChI is InChI=1S/C29H29N3O3S/c1-31(28(23-10-3-2-4-11-23)27-13-7-8-18-30-27)29(33)24-16-19-32(20-17-24)36(34,35)26-15-14-22-9-5-6-12-25(22)21-26/h2-15,18,21,24,28H,16-17,19-20H2,1H3. The summed E-state index contributed by atoms with van der Waals surface area (Å²) in [6, 6.07) is 28.2. The summed E-state index contributed by atoms with van der Waals surface area (Å²) >= 11 is 0. The van der Waals surface area contributed by atoms with Crippen molar-refractivity contribution in [1.29, 1.82) is 0 Å². The van der Waals surface area contributed by atoms with Crippen LogP contribution >= 0.6 is 0 Å². The van der Waals surface area contributed by atoms with Gasteiger partial charge in [0.05, 0.1) is 16.6 Å². The Morgan fingerprint density at radius 2 is 1.56 bits per heavy atom. The van der Waals surface area contributed by atoms with Gasteiger partial charge in [-0.05, 0) is 53.4 Å². The van der Waals surface area contributed by atoms with Crippen LogP contribution in [0, 0.1) is 5.92 Å². The Hall–Kier alpha value is -3.55. The van der Waals surface area contributed by atoms with Crippen molar-refractivity contribution in [1.82, 2.24) is 14.2 Å². The average molecular weight is 500 g/mol. The molecule has 4 aromatic rings. The van der Waals surface area contributed by atoms with Crippen LogP contribution in [-0.4, -0.2) is 48.7 Å². The molecule has 1 aliphatic heterocycles. The van der Waals surface area contributed by atoms with Gasteiger partial charge in [0.25, 0.3) is 0 Å². The summed E-state index contributed by atoms with van der Waals surface area (Å²) in [5.41, 5.74) is 1.79. The fourth-order valence-corrected chi connectivity index (χ4v) is 6.51. The maximum absolute atomic E-state index is 13.6. The van der Waals surface area contributed by atoms with E-state index in [0.29, 0.717) is 30.8 Å². The normalized spacial score (nSPS) is 16.0. The van der Waals surface area contributed by atoms with Gasteiger partial charge < -0.3 is 4.90 Å². The molecule has 0 aliphatic carbocycles. The van der Waals surface area contributed by atoms with E-state index in [1.54, 1.807) is 23.2 Å². The summed E-state index contributed by atoms with van der Waals surface area (Å²) in [7, 11) is -1.81. The molecule has 1 aromatic heterocycles. The van der Waals surface area contributed by atoms with Gasteiger partial charge in [-0.3, -0.25) is 9.78 Å². The predicted octanol–water partition coefficient (Wildman–Crippen LogP) is 4.88. The number of benzene rings is 3. The van der Waals surface area contributed by atoms with Crippen molar-refractivity contribution >= 4 is 26.7 Å². The number of carbonyl (C=O) groups excluding carboxylic acids is 1. The van der Waals surface area contributed by atoms with Gasteiger partial charge in [-0.2, -0.15) is 4.31 Å². The number of piperidine rings is 1. The van der Waals surface area contributed by atoms with Crippen LogP contribution in [0.4, 0.5) is 0 Å². The number of carbonyl (C=O) groups is 1. The Kier molecular flexibility index (Phi) is 6.85. The van der Waals surface area contributed by atoms with E-state index in [1.807, 2.05) is 85.9 Å². The van der Waals surface area contributed by atoms with E-state index in [1.165, 1.54) is 4.31 Å². The molecule has 1 atom stereocenters.